The van der Waals surface area contributed by atoms with Crippen LogP contribution < -0.4 is 5.32 Å². The van der Waals surface area contributed by atoms with Crippen molar-refractivity contribution in [2.45, 2.75) is 62.9 Å². The summed E-state index contributed by atoms with van der Waals surface area (Å²) in [6, 6.07) is 4.88. The second-order valence-corrected chi connectivity index (χ2v) is 6.47. The molecule has 0 amide bonds. The molecule has 0 aromatic carbocycles. The minimum Gasteiger partial charge on any atom is -0.391 e. The fourth-order valence-corrected chi connectivity index (χ4v) is 3.83. The van der Waals surface area contributed by atoms with E-state index >= 15 is 0 Å². The third-order valence-corrected chi connectivity index (χ3v) is 5.10. The summed E-state index contributed by atoms with van der Waals surface area (Å²) in [5.41, 5.74) is 1.24. The van der Waals surface area contributed by atoms with Crippen LogP contribution in [0.4, 0.5) is 0 Å². The predicted molar refractivity (Wildman–Crippen MR) is 82.2 cm³/mol. The Morgan fingerprint density at radius 3 is 2.82 bits per heavy atom. The van der Waals surface area contributed by atoms with E-state index in [2.05, 4.69) is 26.3 Å². The van der Waals surface area contributed by atoms with Gasteiger partial charge < -0.3 is 10.4 Å². The number of hydrogen-bond donors (Lipinski definition) is 2. The standard InChI is InChI=1S/C16H23N5O/c22-15-10-14(16(15)20-9-3-7-18-20)17-11-13-6-8-19-21(13)12-4-1-2-5-12/h3,6-9,12,14-17,22H,1-2,4-5,10-11H2/t14-,15+,16+/m0/s1. The molecule has 2 saturated carbocycles. The van der Waals surface area contributed by atoms with E-state index in [1.165, 1.54) is 31.4 Å². The van der Waals surface area contributed by atoms with Crippen LogP contribution in [0.1, 0.15) is 49.9 Å². The van der Waals surface area contributed by atoms with Crippen molar-refractivity contribution in [3.05, 3.63) is 36.4 Å². The van der Waals surface area contributed by atoms with Gasteiger partial charge in [0.2, 0.25) is 0 Å². The van der Waals surface area contributed by atoms with Crippen molar-refractivity contribution in [1.29, 1.82) is 0 Å². The molecule has 2 fully saturated rings. The van der Waals surface area contributed by atoms with Gasteiger partial charge in [-0.05, 0) is 31.4 Å². The van der Waals surface area contributed by atoms with Gasteiger partial charge in [-0.2, -0.15) is 10.2 Å². The molecule has 0 spiro atoms. The molecule has 2 aliphatic carbocycles. The van der Waals surface area contributed by atoms with Crippen LogP contribution >= 0.6 is 0 Å². The summed E-state index contributed by atoms with van der Waals surface area (Å²) >= 11 is 0. The van der Waals surface area contributed by atoms with Gasteiger partial charge in [-0.25, -0.2) is 0 Å². The number of nitrogens with one attached hydrogen (secondary N) is 1. The SMILES string of the molecule is O[C@@H]1C[C@H](NCc2ccnn2C2CCCC2)[C@H]1n1cccn1. The lowest BCUT2D eigenvalue weighted by molar-refractivity contribution is -0.00847. The molecule has 2 aromatic heterocycles. The molecule has 4 rings (SSSR count). The van der Waals surface area contributed by atoms with Crippen molar-refractivity contribution in [3.8, 4) is 0 Å². The Balaban J connectivity index is 1.40. The second kappa shape index (κ2) is 5.85. The molecule has 0 aliphatic heterocycles. The Morgan fingerprint density at radius 2 is 2.09 bits per heavy atom. The molecule has 2 N–H and O–H groups in total. The van der Waals surface area contributed by atoms with E-state index in [1.807, 2.05) is 23.1 Å². The monoisotopic (exact) mass is 301 g/mol. The first kappa shape index (κ1) is 14.0. The molecule has 0 unspecified atom stereocenters. The fourth-order valence-electron chi connectivity index (χ4n) is 3.83. The van der Waals surface area contributed by atoms with E-state index in [4.69, 9.17) is 0 Å². The van der Waals surface area contributed by atoms with Gasteiger partial charge in [0.15, 0.2) is 0 Å². The summed E-state index contributed by atoms with van der Waals surface area (Å²) in [6.45, 7) is 0.797. The normalized spacial score (nSPS) is 28.9. The van der Waals surface area contributed by atoms with E-state index in [9.17, 15) is 5.11 Å². The predicted octanol–water partition coefficient (Wildman–Crippen LogP) is 1.66. The maximum atomic E-state index is 10.0. The molecule has 2 aromatic rings. The second-order valence-electron chi connectivity index (χ2n) is 6.47. The number of aliphatic hydroxyl groups excluding tert-OH is 1. The zero-order valence-corrected chi connectivity index (χ0v) is 12.7. The Hall–Kier alpha value is -1.66. The summed E-state index contributed by atoms with van der Waals surface area (Å²) < 4.78 is 4.05. The molecule has 0 radical (unpaired) electrons. The van der Waals surface area contributed by atoms with Crippen LogP contribution in [-0.2, 0) is 6.54 Å². The highest BCUT2D eigenvalue weighted by Gasteiger charge is 2.41. The van der Waals surface area contributed by atoms with E-state index in [-0.39, 0.29) is 18.2 Å². The Kier molecular flexibility index (Phi) is 3.72. The third kappa shape index (κ3) is 2.46. The number of aliphatic hydroxyl groups is 1. The number of rotatable bonds is 5. The molecule has 2 aliphatic rings. The minimum atomic E-state index is -0.308. The molecular weight excluding hydrogens is 278 g/mol. The van der Waals surface area contributed by atoms with E-state index in [1.54, 1.807) is 6.20 Å². The van der Waals surface area contributed by atoms with E-state index in [0.29, 0.717) is 6.04 Å². The van der Waals surface area contributed by atoms with Gasteiger partial charge in [-0.3, -0.25) is 9.36 Å². The number of hydrogen-bond acceptors (Lipinski definition) is 4. The molecular formula is C16H23N5O. The molecule has 2 heterocycles. The maximum Gasteiger partial charge on any atom is 0.0932 e. The van der Waals surface area contributed by atoms with Crippen molar-refractivity contribution in [2.24, 2.45) is 0 Å². The molecule has 6 heteroatoms. The smallest absolute Gasteiger partial charge is 0.0932 e. The fraction of sp³-hybridized carbons (Fsp3) is 0.625. The van der Waals surface area contributed by atoms with Crippen LogP contribution in [0, 0.1) is 0 Å². The van der Waals surface area contributed by atoms with Gasteiger partial charge in [-0.15, -0.1) is 0 Å². The molecule has 22 heavy (non-hydrogen) atoms. The van der Waals surface area contributed by atoms with Gasteiger partial charge in [0.05, 0.1) is 23.9 Å². The van der Waals surface area contributed by atoms with Crippen molar-refractivity contribution < 1.29 is 5.11 Å². The summed E-state index contributed by atoms with van der Waals surface area (Å²) in [5, 5.41) is 22.4. The van der Waals surface area contributed by atoms with Crippen LogP contribution in [0.2, 0.25) is 0 Å². The van der Waals surface area contributed by atoms with E-state index < -0.39 is 0 Å². The summed E-state index contributed by atoms with van der Waals surface area (Å²) in [4.78, 5) is 0. The minimum absolute atomic E-state index is 0.0397. The van der Waals surface area contributed by atoms with Crippen molar-refractivity contribution in [3.63, 3.8) is 0 Å². The first-order valence-corrected chi connectivity index (χ1v) is 8.26. The van der Waals surface area contributed by atoms with Crippen LogP contribution in [0.5, 0.6) is 0 Å². The van der Waals surface area contributed by atoms with Gasteiger partial charge in [0.1, 0.15) is 0 Å². The van der Waals surface area contributed by atoms with Crippen molar-refractivity contribution in [1.82, 2.24) is 24.9 Å². The van der Waals surface area contributed by atoms with Gasteiger partial charge in [0, 0.05) is 31.2 Å². The number of nitrogens with zero attached hydrogens (tertiary/aromatic N) is 4. The highest BCUT2D eigenvalue weighted by Crippen LogP contribution is 2.33. The lowest BCUT2D eigenvalue weighted by atomic mass is 9.83. The summed E-state index contributed by atoms with van der Waals surface area (Å²) in [6.07, 6.45) is 11.2. The van der Waals surface area contributed by atoms with Gasteiger partial charge in [-0.1, -0.05) is 12.8 Å². The first-order chi connectivity index (χ1) is 10.8. The quantitative estimate of drug-likeness (QED) is 0.881. The lowest BCUT2D eigenvalue weighted by Gasteiger charge is -2.42. The highest BCUT2D eigenvalue weighted by molar-refractivity contribution is 5.05. The molecule has 0 bridgehead atoms. The van der Waals surface area contributed by atoms with Crippen molar-refractivity contribution >= 4 is 0 Å². The lowest BCUT2D eigenvalue weighted by Crippen LogP contribution is -2.54. The van der Waals surface area contributed by atoms with Crippen LogP contribution in [0.15, 0.2) is 30.7 Å². The van der Waals surface area contributed by atoms with Gasteiger partial charge in [0.25, 0.3) is 0 Å². The average molecular weight is 301 g/mol. The maximum absolute atomic E-state index is 10.0. The Morgan fingerprint density at radius 1 is 1.23 bits per heavy atom. The first-order valence-electron chi connectivity index (χ1n) is 8.26. The zero-order chi connectivity index (χ0) is 14.9. The van der Waals surface area contributed by atoms with Crippen LogP contribution in [0.25, 0.3) is 0 Å². The largest absolute Gasteiger partial charge is 0.391 e. The number of aromatic nitrogens is 4. The summed E-state index contributed by atoms with van der Waals surface area (Å²) in [5.74, 6) is 0. The van der Waals surface area contributed by atoms with E-state index in [0.717, 1.165) is 13.0 Å². The van der Waals surface area contributed by atoms with Gasteiger partial charge >= 0.3 is 0 Å². The summed E-state index contributed by atoms with van der Waals surface area (Å²) in [7, 11) is 0. The van der Waals surface area contributed by atoms with Crippen molar-refractivity contribution in [2.75, 3.05) is 0 Å². The van der Waals surface area contributed by atoms with Crippen LogP contribution in [-0.4, -0.2) is 36.8 Å². The molecule has 6 nitrogen and oxygen atoms in total. The molecule has 118 valence electrons. The Labute approximate surface area is 130 Å². The van der Waals surface area contributed by atoms with Crippen LogP contribution in [0.3, 0.4) is 0 Å². The molecule has 3 atom stereocenters. The topological polar surface area (TPSA) is 67.9 Å². The Bertz CT molecular complexity index is 602. The molecule has 0 saturated heterocycles. The average Bonchev–Trinajstić information content (AvgIpc) is 3.23. The highest BCUT2D eigenvalue weighted by atomic mass is 16.3. The zero-order valence-electron chi connectivity index (χ0n) is 12.7. The third-order valence-electron chi connectivity index (χ3n) is 5.10.